The Bertz CT molecular complexity index is 1040. The summed E-state index contributed by atoms with van der Waals surface area (Å²) in [6.07, 6.45) is 0. The molecular weight excluding hydrogens is 484 g/mol. The molecule has 174 valence electrons. The van der Waals surface area contributed by atoms with E-state index in [0.29, 0.717) is 37.8 Å². The number of rotatable bonds is 6. The van der Waals surface area contributed by atoms with Crippen molar-refractivity contribution < 1.29 is 24.3 Å². The van der Waals surface area contributed by atoms with Crippen LogP contribution in [0.3, 0.4) is 0 Å². The number of nitrogens with zero attached hydrogens (tertiary/aromatic N) is 1. The first-order chi connectivity index (χ1) is 15.9. The fourth-order valence-corrected chi connectivity index (χ4v) is 4.72. The predicted octanol–water partition coefficient (Wildman–Crippen LogP) is 1.71. The second-order valence-corrected chi connectivity index (χ2v) is 9.83. The Hall–Kier alpha value is -2.48. The molecule has 33 heavy (non-hydrogen) atoms. The van der Waals surface area contributed by atoms with Crippen LogP contribution >= 0.6 is 15.9 Å². The minimum absolute atomic E-state index is 0.0385. The highest BCUT2D eigenvalue weighted by Crippen LogP contribution is 2.38. The molecule has 2 fully saturated rings. The van der Waals surface area contributed by atoms with Crippen molar-refractivity contribution in [2.45, 2.75) is 25.8 Å². The lowest BCUT2D eigenvalue weighted by Gasteiger charge is -2.30. The monoisotopic (exact) mass is 512 g/mol. The van der Waals surface area contributed by atoms with Gasteiger partial charge in [0.2, 0.25) is 5.78 Å². The molecule has 0 radical (unpaired) electrons. The lowest BCUT2D eigenvalue weighted by molar-refractivity contribution is -0.907. The molecule has 7 heteroatoms. The zero-order valence-corrected chi connectivity index (χ0v) is 20.6. The number of hydrogen-bond donors (Lipinski definition) is 1. The van der Waals surface area contributed by atoms with Crippen molar-refractivity contribution in [1.29, 1.82) is 0 Å². The molecule has 2 aromatic carbocycles. The molecule has 1 amide bonds. The smallest absolute Gasteiger partial charge is 0.295 e. The summed E-state index contributed by atoms with van der Waals surface area (Å²) in [5.74, 6) is -1.32. The Morgan fingerprint density at radius 1 is 1.09 bits per heavy atom. The number of benzene rings is 2. The highest BCUT2D eigenvalue weighted by Gasteiger charge is 2.44. The van der Waals surface area contributed by atoms with Crippen LogP contribution in [0.15, 0.2) is 58.6 Å². The predicted molar refractivity (Wildman–Crippen MR) is 127 cm³/mol. The SMILES string of the molecule is CC(C)c1ccc(C2C(=C([O-])c3ccc(Br)cc3)C(=O)C(=O)N2CC[NH+]2CCOCC2)cc1. The van der Waals surface area contributed by atoms with Gasteiger partial charge in [0.05, 0.1) is 32.3 Å². The number of amides is 1. The summed E-state index contributed by atoms with van der Waals surface area (Å²) in [4.78, 5) is 29.1. The minimum Gasteiger partial charge on any atom is -0.872 e. The van der Waals surface area contributed by atoms with Crippen molar-refractivity contribution in [2.24, 2.45) is 0 Å². The Labute approximate surface area is 203 Å². The number of halogens is 1. The maximum atomic E-state index is 13.5. The number of Topliss-reactive ketones (excluding diaryl/α,β-unsaturated/α-hetero) is 1. The van der Waals surface area contributed by atoms with Crippen LogP contribution in [0.2, 0.25) is 0 Å². The van der Waals surface area contributed by atoms with E-state index in [-0.39, 0.29) is 11.3 Å². The van der Waals surface area contributed by atoms with Gasteiger partial charge < -0.3 is 19.6 Å². The number of ether oxygens (including phenoxy) is 1. The molecule has 0 spiro atoms. The Kier molecular flexibility index (Phi) is 7.32. The van der Waals surface area contributed by atoms with E-state index in [2.05, 4.69) is 29.8 Å². The van der Waals surface area contributed by atoms with Crippen molar-refractivity contribution in [3.63, 3.8) is 0 Å². The van der Waals surface area contributed by atoms with Crippen LogP contribution in [0.4, 0.5) is 0 Å². The third kappa shape index (κ3) is 5.05. The molecule has 2 heterocycles. The largest absolute Gasteiger partial charge is 0.872 e. The van der Waals surface area contributed by atoms with E-state index in [1.54, 1.807) is 29.2 Å². The molecule has 4 rings (SSSR count). The summed E-state index contributed by atoms with van der Waals surface area (Å²) in [5, 5.41) is 13.5. The van der Waals surface area contributed by atoms with Crippen LogP contribution < -0.4 is 10.0 Å². The number of carbonyl (C=O) groups is 2. The molecule has 2 saturated heterocycles. The van der Waals surface area contributed by atoms with Gasteiger partial charge >= 0.3 is 0 Å². The van der Waals surface area contributed by atoms with Crippen molar-refractivity contribution in [3.05, 3.63) is 75.3 Å². The topological polar surface area (TPSA) is 74.1 Å². The van der Waals surface area contributed by atoms with Gasteiger partial charge in [-0.25, -0.2) is 0 Å². The average Bonchev–Trinajstić information content (AvgIpc) is 3.08. The molecular formula is C26H29BrN2O4. The number of hydrogen-bond acceptors (Lipinski definition) is 4. The van der Waals surface area contributed by atoms with Crippen molar-refractivity contribution in [3.8, 4) is 0 Å². The molecule has 2 aromatic rings. The maximum Gasteiger partial charge on any atom is 0.295 e. The van der Waals surface area contributed by atoms with Gasteiger partial charge in [-0.3, -0.25) is 9.59 Å². The average molecular weight is 513 g/mol. The summed E-state index contributed by atoms with van der Waals surface area (Å²) in [7, 11) is 0. The van der Waals surface area contributed by atoms with Gasteiger partial charge in [-0.05, 0) is 34.7 Å². The molecule has 1 unspecified atom stereocenters. The summed E-state index contributed by atoms with van der Waals surface area (Å²) in [6, 6.07) is 14.1. The van der Waals surface area contributed by atoms with Crippen molar-refractivity contribution >= 4 is 33.4 Å². The summed E-state index contributed by atoms with van der Waals surface area (Å²) < 4.78 is 6.27. The van der Waals surface area contributed by atoms with Crippen LogP contribution in [0, 0.1) is 0 Å². The number of nitrogens with one attached hydrogen (secondary N) is 1. The third-order valence-corrected chi connectivity index (χ3v) is 6.99. The van der Waals surface area contributed by atoms with Crippen molar-refractivity contribution in [2.75, 3.05) is 39.4 Å². The zero-order valence-electron chi connectivity index (χ0n) is 19.0. The number of likely N-dealkylation sites (tertiary alicyclic amines) is 1. The molecule has 1 atom stereocenters. The van der Waals surface area contributed by atoms with Gasteiger partial charge in [-0.1, -0.05) is 71.9 Å². The van der Waals surface area contributed by atoms with Gasteiger partial charge in [0.25, 0.3) is 5.91 Å². The second kappa shape index (κ2) is 10.2. The minimum atomic E-state index is -0.696. The van der Waals surface area contributed by atoms with Crippen LogP contribution in [-0.4, -0.2) is 56.0 Å². The molecule has 0 aromatic heterocycles. The van der Waals surface area contributed by atoms with Gasteiger partial charge in [-0.15, -0.1) is 0 Å². The summed E-state index contributed by atoms with van der Waals surface area (Å²) in [6.45, 7) is 8.49. The van der Waals surface area contributed by atoms with E-state index in [4.69, 9.17) is 4.74 Å². The molecule has 2 aliphatic heterocycles. The Morgan fingerprint density at radius 3 is 2.33 bits per heavy atom. The zero-order chi connectivity index (χ0) is 23.5. The molecule has 0 aliphatic carbocycles. The van der Waals surface area contributed by atoms with Crippen LogP contribution in [0.1, 0.15) is 42.5 Å². The first-order valence-corrected chi connectivity index (χ1v) is 12.2. The first kappa shape index (κ1) is 23.7. The third-order valence-electron chi connectivity index (χ3n) is 6.46. The van der Waals surface area contributed by atoms with E-state index in [1.807, 2.05) is 24.3 Å². The van der Waals surface area contributed by atoms with Crippen LogP contribution in [-0.2, 0) is 14.3 Å². The number of morpholine rings is 1. The quantitative estimate of drug-likeness (QED) is 0.363. The number of carbonyl (C=O) groups excluding carboxylic acids is 2. The van der Waals surface area contributed by atoms with Crippen LogP contribution in [0.25, 0.3) is 5.76 Å². The lowest BCUT2D eigenvalue weighted by atomic mass is 9.93. The molecule has 2 aliphatic rings. The van der Waals surface area contributed by atoms with E-state index >= 15 is 0 Å². The van der Waals surface area contributed by atoms with E-state index in [1.165, 1.54) is 10.5 Å². The van der Waals surface area contributed by atoms with E-state index in [9.17, 15) is 14.7 Å². The highest BCUT2D eigenvalue weighted by atomic mass is 79.9. The fraction of sp³-hybridized carbons (Fsp3) is 0.385. The number of ketones is 1. The summed E-state index contributed by atoms with van der Waals surface area (Å²) in [5.41, 5.74) is 2.39. The maximum absolute atomic E-state index is 13.5. The van der Waals surface area contributed by atoms with Gasteiger partial charge in [0.15, 0.2) is 0 Å². The van der Waals surface area contributed by atoms with E-state index in [0.717, 1.165) is 23.1 Å². The van der Waals surface area contributed by atoms with Crippen molar-refractivity contribution in [1.82, 2.24) is 4.90 Å². The van der Waals surface area contributed by atoms with E-state index < -0.39 is 17.7 Å². The standard InChI is InChI=1S/C26H29BrN2O4/c1-17(2)18-3-5-19(6-4-18)23-22(24(30)20-7-9-21(27)10-8-20)25(31)26(32)29(23)12-11-28-13-15-33-16-14-28/h3-10,17,23,30H,11-16H2,1-2H3. The summed E-state index contributed by atoms with van der Waals surface area (Å²) >= 11 is 3.38. The fourth-order valence-electron chi connectivity index (χ4n) is 4.46. The second-order valence-electron chi connectivity index (χ2n) is 8.91. The molecule has 0 saturated carbocycles. The molecule has 0 bridgehead atoms. The highest BCUT2D eigenvalue weighted by molar-refractivity contribution is 9.10. The normalized spacial score (nSPS) is 21.2. The molecule has 1 N–H and O–H groups in total. The Balaban J connectivity index is 1.73. The first-order valence-electron chi connectivity index (χ1n) is 11.4. The Morgan fingerprint density at radius 2 is 1.73 bits per heavy atom. The molecule has 6 nitrogen and oxygen atoms in total. The van der Waals surface area contributed by atoms with Gasteiger partial charge in [0.1, 0.15) is 13.1 Å². The van der Waals surface area contributed by atoms with Gasteiger partial charge in [0, 0.05) is 10.0 Å². The lowest BCUT2D eigenvalue weighted by Crippen LogP contribution is -3.14. The van der Waals surface area contributed by atoms with Crippen LogP contribution in [0.5, 0.6) is 0 Å². The number of quaternary nitrogens is 1. The van der Waals surface area contributed by atoms with Gasteiger partial charge in [-0.2, -0.15) is 0 Å².